The summed E-state index contributed by atoms with van der Waals surface area (Å²) in [6.07, 6.45) is 0. The highest BCUT2D eigenvalue weighted by Crippen LogP contribution is 2.29. The molecule has 0 bridgehead atoms. The minimum absolute atomic E-state index is 0.227. The Hall–Kier alpha value is -3.08. The minimum atomic E-state index is -0.370. The normalized spacial score (nSPS) is 12.9. The number of aryl methyl sites for hydroxylation is 1. The van der Waals surface area contributed by atoms with E-state index in [9.17, 15) is 9.90 Å². The maximum atomic E-state index is 11.9. The summed E-state index contributed by atoms with van der Waals surface area (Å²) in [6.45, 7) is 1.98. The second-order valence-corrected chi connectivity index (χ2v) is 5.29. The number of aromatic nitrogens is 1. The Labute approximate surface area is 126 Å². The monoisotopic (exact) mass is 290 g/mol. The molecule has 0 unspecified atom stereocenters. The number of carbonyl (C=O) groups excluding carboxylic acids is 1. The zero-order valence-corrected chi connectivity index (χ0v) is 11.8. The maximum Gasteiger partial charge on any atom is 0.518 e. The third kappa shape index (κ3) is 1.79. The number of benzene rings is 2. The molecule has 3 aromatic rings. The first-order chi connectivity index (χ1) is 10.6. The number of phenolic OH excluding ortho intramolecular Hbond substituents is 1. The van der Waals surface area contributed by atoms with Crippen LogP contribution in [0.3, 0.4) is 0 Å². The molecule has 1 aliphatic rings. The number of carbonyl (C=O) groups is 1. The van der Waals surface area contributed by atoms with Crippen molar-refractivity contribution in [2.75, 3.05) is 0 Å². The van der Waals surface area contributed by atoms with E-state index in [0.29, 0.717) is 5.82 Å². The summed E-state index contributed by atoms with van der Waals surface area (Å²) < 4.78 is 1.51. The van der Waals surface area contributed by atoms with Crippen molar-refractivity contribution in [3.63, 3.8) is 0 Å². The molecule has 4 rings (SSSR count). The number of rotatable bonds is 1. The van der Waals surface area contributed by atoms with Crippen LogP contribution in [0.15, 0.2) is 58.8 Å². The molecule has 1 N–H and O–H groups in total. The van der Waals surface area contributed by atoms with E-state index in [1.807, 2.05) is 37.3 Å². The van der Waals surface area contributed by atoms with Gasteiger partial charge in [-0.1, -0.05) is 18.2 Å². The number of aromatic hydroxyl groups is 1. The molecule has 5 heteroatoms. The number of phenols is 1. The van der Waals surface area contributed by atoms with Crippen molar-refractivity contribution in [2.24, 2.45) is 10.2 Å². The minimum Gasteiger partial charge on any atom is -0.508 e. The van der Waals surface area contributed by atoms with Gasteiger partial charge < -0.3 is 5.11 Å². The second kappa shape index (κ2) is 4.46. The lowest BCUT2D eigenvalue weighted by atomic mass is 10.0. The molecule has 5 nitrogen and oxygen atoms in total. The molecule has 0 aliphatic carbocycles. The summed E-state index contributed by atoms with van der Waals surface area (Å²) >= 11 is 0. The average Bonchev–Trinajstić information content (AvgIpc) is 2.88. The summed E-state index contributed by atoms with van der Waals surface area (Å²) in [4.78, 5) is 11.9. The molecule has 0 radical (unpaired) electrons. The van der Waals surface area contributed by atoms with Gasteiger partial charge in [0.05, 0.1) is 5.11 Å². The summed E-state index contributed by atoms with van der Waals surface area (Å²) in [6, 6.07) is 14.4. The lowest BCUT2D eigenvalue weighted by Gasteiger charge is -2.07. The second-order valence-electron chi connectivity index (χ2n) is 5.29. The Morgan fingerprint density at radius 1 is 1.00 bits per heavy atom. The summed E-state index contributed by atoms with van der Waals surface area (Å²) in [7, 11) is 0. The van der Waals surface area contributed by atoms with Gasteiger partial charge in [0.2, 0.25) is 0 Å². The van der Waals surface area contributed by atoms with Crippen molar-refractivity contribution in [3.8, 4) is 16.9 Å². The molecule has 1 aliphatic heterocycles. The highest BCUT2D eigenvalue weighted by atomic mass is 16.3. The number of nitrogens with zero attached hydrogens (tertiary/aromatic N) is 3. The van der Waals surface area contributed by atoms with Crippen LogP contribution in [0.2, 0.25) is 0 Å². The first-order valence-electron chi connectivity index (χ1n) is 6.88. The van der Waals surface area contributed by atoms with Crippen LogP contribution in [0.1, 0.15) is 5.56 Å². The molecule has 0 saturated carbocycles. The number of pyridine rings is 1. The molecule has 22 heavy (non-hydrogen) atoms. The lowest BCUT2D eigenvalue weighted by molar-refractivity contribution is -0.521. The predicted octanol–water partition coefficient (Wildman–Crippen LogP) is 3.87. The zero-order chi connectivity index (χ0) is 15.3. The highest BCUT2D eigenvalue weighted by molar-refractivity contribution is 5.88. The van der Waals surface area contributed by atoms with Crippen LogP contribution in [0.4, 0.5) is 10.6 Å². The number of fused-ring (bicyclic) bond motifs is 3. The predicted molar refractivity (Wildman–Crippen MR) is 81.3 cm³/mol. The molecule has 1 amide bonds. The van der Waals surface area contributed by atoms with Crippen LogP contribution in [0.5, 0.6) is 5.75 Å². The maximum absolute atomic E-state index is 11.9. The van der Waals surface area contributed by atoms with Crippen molar-refractivity contribution in [2.45, 2.75) is 6.92 Å². The lowest BCUT2D eigenvalue weighted by Crippen LogP contribution is -2.38. The van der Waals surface area contributed by atoms with E-state index in [4.69, 9.17) is 0 Å². The molecule has 2 aromatic carbocycles. The van der Waals surface area contributed by atoms with E-state index in [2.05, 4.69) is 10.2 Å². The van der Waals surface area contributed by atoms with Crippen molar-refractivity contribution in [1.82, 2.24) is 0 Å². The van der Waals surface area contributed by atoms with E-state index in [1.165, 1.54) is 4.57 Å². The Morgan fingerprint density at radius 2 is 1.82 bits per heavy atom. The van der Waals surface area contributed by atoms with Gasteiger partial charge in [-0.3, -0.25) is 0 Å². The van der Waals surface area contributed by atoms with Gasteiger partial charge in [0.15, 0.2) is 0 Å². The molecular weight excluding hydrogens is 278 g/mol. The van der Waals surface area contributed by atoms with Crippen LogP contribution in [-0.2, 0) is 0 Å². The molecule has 0 atom stereocenters. The van der Waals surface area contributed by atoms with Gasteiger partial charge in [-0.2, -0.15) is 4.57 Å². The van der Waals surface area contributed by atoms with Crippen molar-refractivity contribution in [1.29, 1.82) is 0 Å². The summed E-state index contributed by atoms with van der Waals surface area (Å²) in [5.74, 6) is 0.783. The van der Waals surface area contributed by atoms with E-state index < -0.39 is 0 Å². The Kier molecular flexibility index (Phi) is 2.56. The van der Waals surface area contributed by atoms with E-state index in [0.717, 1.165) is 27.6 Å². The fourth-order valence-corrected chi connectivity index (χ4v) is 2.78. The fourth-order valence-electron chi connectivity index (χ4n) is 2.78. The molecule has 1 aromatic heterocycles. The van der Waals surface area contributed by atoms with Crippen LogP contribution in [-0.4, -0.2) is 11.1 Å². The molecule has 0 spiro atoms. The molecule has 0 fully saturated rings. The summed E-state index contributed by atoms with van der Waals surface area (Å²) in [5, 5.41) is 18.1. The Bertz CT molecular complexity index is 977. The molecule has 106 valence electrons. The fraction of sp³-hybridized carbons (Fsp3) is 0.0588. The number of azo groups is 1. The smallest absolute Gasteiger partial charge is 0.508 e. The van der Waals surface area contributed by atoms with Gasteiger partial charge in [0.25, 0.3) is 0 Å². The molecule has 0 saturated heterocycles. The third-order valence-corrected chi connectivity index (χ3v) is 3.85. The molecule has 2 heterocycles. The van der Waals surface area contributed by atoms with E-state index >= 15 is 0 Å². The standard InChI is InChI=1S/C17H11N3O2/c1-10-7-16-18-19-17(22)20(16)15-6-5-12(9-14(10)15)11-3-2-4-13(21)8-11/h2-9H,1H3/p+1. The van der Waals surface area contributed by atoms with Gasteiger partial charge >= 0.3 is 11.8 Å². The van der Waals surface area contributed by atoms with Crippen molar-refractivity contribution < 1.29 is 14.5 Å². The summed E-state index contributed by atoms with van der Waals surface area (Å²) in [5.41, 5.74) is 3.71. The zero-order valence-electron chi connectivity index (χ0n) is 11.8. The Morgan fingerprint density at radius 3 is 2.64 bits per heavy atom. The van der Waals surface area contributed by atoms with Gasteiger partial charge in [-0.25, -0.2) is 4.79 Å². The largest absolute Gasteiger partial charge is 0.518 e. The van der Waals surface area contributed by atoms with Gasteiger partial charge in [0.1, 0.15) is 16.4 Å². The SMILES string of the molecule is Cc1cc2[n+](c3ccc(-c4cccc(O)c4)cc13)C(=O)N=N2. The first-order valence-corrected chi connectivity index (χ1v) is 6.88. The van der Waals surface area contributed by atoms with Gasteiger partial charge in [-0.05, 0) is 47.9 Å². The van der Waals surface area contributed by atoms with Crippen LogP contribution in [0.25, 0.3) is 22.0 Å². The van der Waals surface area contributed by atoms with Crippen molar-refractivity contribution >= 4 is 22.8 Å². The van der Waals surface area contributed by atoms with Gasteiger partial charge in [0, 0.05) is 11.5 Å². The third-order valence-electron chi connectivity index (χ3n) is 3.85. The van der Waals surface area contributed by atoms with Gasteiger partial charge in [-0.15, -0.1) is 0 Å². The first kappa shape index (κ1) is 12.6. The highest BCUT2D eigenvalue weighted by Gasteiger charge is 2.30. The van der Waals surface area contributed by atoms with Crippen LogP contribution >= 0.6 is 0 Å². The van der Waals surface area contributed by atoms with Crippen LogP contribution < -0.4 is 4.57 Å². The number of hydrogen-bond acceptors (Lipinski definition) is 3. The van der Waals surface area contributed by atoms with E-state index in [-0.39, 0.29) is 11.8 Å². The number of amides is 1. The topological polar surface area (TPSA) is 65.9 Å². The van der Waals surface area contributed by atoms with E-state index in [1.54, 1.807) is 18.2 Å². The quantitative estimate of drug-likeness (QED) is 0.691. The molecular formula is C17H12N3O2+. The van der Waals surface area contributed by atoms with Crippen LogP contribution in [0, 0.1) is 6.92 Å². The Balaban J connectivity index is 1.98. The average molecular weight is 290 g/mol. The number of hydrogen-bond donors (Lipinski definition) is 1. The van der Waals surface area contributed by atoms with Crippen molar-refractivity contribution in [3.05, 3.63) is 54.1 Å².